The number of nitro groups is 1. The number of nitrogens with one attached hydrogen (secondary N) is 1. The molecular formula is C15H15BrN2O3. The van der Waals surface area contributed by atoms with Gasteiger partial charge in [0.1, 0.15) is 11.5 Å². The lowest BCUT2D eigenvalue weighted by molar-refractivity contribution is -0.385. The summed E-state index contributed by atoms with van der Waals surface area (Å²) in [5, 5.41) is 14.0. The minimum Gasteiger partial charge on any atom is -0.457 e. The van der Waals surface area contributed by atoms with Crippen molar-refractivity contribution < 1.29 is 9.66 Å². The average molecular weight is 351 g/mol. The highest BCUT2D eigenvalue weighted by molar-refractivity contribution is 9.10. The van der Waals surface area contributed by atoms with Crippen molar-refractivity contribution in [3.05, 3.63) is 62.1 Å². The molecule has 2 rings (SSSR count). The van der Waals surface area contributed by atoms with E-state index in [9.17, 15) is 10.1 Å². The van der Waals surface area contributed by atoms with Gasteiger partial charge >= 0.3 is 0 Å². The number of aryl methyl sites for hydroxylation is 1. The zero-order valence-corrected chi connectivity index (χ0v) is 13.3. The van der Waals surface area contributed by atoms with E-state index < -0.39 is 4.92 Å². The minimum atomic E-state index is -0.446. The summed E-state index contributed by atoms with van der Waals surface area (Å²) < 4.78 is 6.32. The fourth-order valence-electron chi connectivity index (χ4n) is 1.97. The van der Waals surface area contributed by atoms with Gasteiger partial charge in [-0.25, -0.2) is 0 Å². The smallest absolute Gasteiger partial charge is 0.274 e. The van der Waals surface area contributed by atoms with Crippen LogP contribution in [0.1, 0.15) is 11.1 Å². The molecule has 0 radical (unpaired) electrons. The van der Waals surface area contributed by atoms with Gasteiger partial charge < -0.3 is 10.1 Å². The van der Waals surface area contributed by atoms with Gasteiger partial charge in [-0.15, -0.1) is 0 Å². The summed E-state index contributed by atoms with van der Waals surface area (Å²) in [6.45, 7) is 2.79. The van der Waals surface area contributed by atoms with Crippen molar-refractivity contribution in [1.82, 2.24) is 5.32 Å². The van der Waals surface area contributed by atoms with E-state index in [1.807, 2.05) is 32.2 Å². The summed E-state index contributed by atoms with van der Waals surface area (Å²) in [4.78, 5) is 10.4. The number of nitrogens with zero attached hydrogens (tertiary/aromatic N) is 1. The molecule has 0 fully saturated rings. The van der Waals surface area contributed by atoms with E-state index >= 15 is 0 Å². The summed E-state index contributed by atoms with van der Waals surface area (Å²) in [7, 11) is 1.89. The first kappa shape index (κ1) is 15.5. The Bertz CT molecular complexity index is 674. The summed E-state index contributed by atoms with van der Waals surface area (Å²) in [6, 6.07) is 10.3. The van der Waals surface area contributed by atoms with Crippen molar-refractivity contribution >= 4 is 21.6 Å². The van der Waals surface area contributed by atoms with Gasteiger partial charge in [0.15, 0.2) is 0 Å². The van der Waals surface area contributed by atoms with Gasteiger partial charge in [-0.1, -0.05) is 22.0 Å². The van der Waals surface area contributed by atoms with Crippen LogP contribution in [-0.2, 0) is 6.54 Å². The first-order valence-corrected chi connectivity index (χ1v) is 7.16. The van der Waals surface area contributed by atoms with Crippen LogP contribution in [0.15, 0.2) is 40.9 Å². The second-order valence-corrected chi connectivity index (χ2v) is 5.54. The SMILES string of the molecule is CNCc1ccc(Oc2cc(Br)cc([N+](=O)[O-])c2)cc1C. The number of nitro benzene ring substituents is 1. The van der Waals surface area contributed by atoms with Gasteiger partial charge in [0.2, 0.25) is 0 Å². The largest absolute Gasteiger partial charge is 0.457 e. The van der Waals surface area contributed by atoms with Crippen LogP contribution in [0.4, 0.5) is 5.69 Å². The van der Waals surface area contributed by atoms with Crippen molar-refractivity contribution in [1.29, 1.82) is 0 Å². The highest BCUT2D eigenvalue weighted by Crippen LogP contribution is 2.30. The fourth-order valence-corrected chi connectivity index (χ4v) is 2.43. The molecule has 0 spiro atoms. The summed E-state index contributed by atoms with van der Waals surface area (Å²) in [6.07, 6.45) is 0. The topological polar surface area (TPSA) is 64.4 Å². The Morgan fingerprint density at radius 3 is 2.62 bits per heavy atom. The maximum absolute atomic E-state index is 10.9. The van der Waals surface area contributed by atoms with Crippen LogP contribution < -0.4 is 10.1 Å². The molecule has 0 saturated heterocycles. The Kier molecular flexibility index (Phi) is 4.93. The summed E-state index contributed by atoms with van der Waals surface area (Å²) in [5.41, 5.74) is 2.28. The molecule has 1 N–H and O–H groups in total. The monoisotopic (exact) mass is 350 g/mol. The predicted molar refractivity (Wildman–Crippen MR) is 84.8 cm³/mol. The molecule has 0 bridgehead atoms. The summed E-state index contributed by atoms with van der Waals surface area (Å²) in [5.74, 6) is 1.08. The molecule has 0 amide bonds. The van der Waals surface area contributed by atoms with Crippen LogP contribution in [0, 0.1) is 17.0 Å². The standard InChI is InChI=1S/C15H15BrN2O3/c1-10-5-14(4-3-11(10)9-17-2)21-15-7-12(16)6-13(8-15)18(19)20/h3-8,17H,9H2,1-2H3. The number of hydrogen-bond acceptors (Lipinski definition) is 4. The lowest BCUT2D eigenvalue weighted by Crippen LogP contribution is -2.06. The van der Waals surface area contributed by atoms with Crippen LogP contribution in [0.25, 0.3) is 0 Å². The Labute approximate surface area is 131 Å². The van der Waals surface area contributed by atoms with Crippen molar-refractivity contribution in [3.8, 4) is 11.5 Å². The maximum Gasteiger partial charge on any atom is 0.274 e. The first-order valence-electron chi connectivity index (χ1n) is 6.36. The zero-order chi connectivity index (χ0) is 15.4. The van der Waals surface area contributed by atoms with E-state index in [0.717, 1.165) is 12.1 Å². The fraction of sp³-hybridized carbons (Fsp3) is 0.200. The van der Waals surface area contributed by atoms with Crippen molar-refractivity contribution in [2.24, 2.45) is 0 Å². The Morgan fingerprint density at radius 2 is 2.00 bits per heavy atom. The molecule has 0 aliphatic rings. The third-order valence-electron chi connectivity index (χ3n) is 2.98. The molecule has 0 atom stereocenters. The predicted octanol–water partition coefficient (Wildman–Crippen LogP) is 4.18. The molecule has 0 aliphatic carbocycles. The zero-order valence-electron chi connectivity index (χ0n) is 11.7. The van der Waals surface area contributed by atoms with Gasteiger partial charge in [0.25, 0.3) is 5.69 Å². The quantitative estimate of drug-likeness (QED) is 0.648. The Balaban J connectivity index is 2.26. The Hall–Kier alpha value is -1.92. The number of hydrogen-bond donors (Lipinski definition) is 1. The molecule has 110 valence electrons. The molecule has 0 heterocycles. The number of rotatable bonds is 5. The highest BCUT2D eigenvalue weighted by atomic mass is 79.9. The number of ether oxygens (including phenoxy) is 1. The second-order valence-electron chi connectivity index (χ2n) is 4.62. The number of benzene rings is 2. The van der Waals surface area contributed by atoms with Crippen molar-refractivity contribution in [2.45, 2.75) is 13.5 Å². The number of non-ortho nitro benzene ring substituents is 1. The molecule has 6 heteroatoms. The molecule has 5 nitrogen and oxygen atoms in total. The van der Waals surface area contributed by atoms with E-state index in [4.69, 9.17) is 4.74 Å². The molecule has 0 aromatic heterocycles. The average Bonchev–Trinajstić information content (AvgIpc) is 2.41. The lowest BCUT2D eigenvalue weighted by Gasteiger charge is -2.10. The third kappa shape index (κ3) is 4.03. The van der Waals surface area contributed by atoms with Gasteiger partial charge in [-0.05, 0) is 43.3 Å². The van der Waals surface area contributed by atoms with E-state index in [1.54, 1.807) is 6.07 Å². The lowest BCUT2D eigenvalue weighted by atomic mass is 10.1. The van der Waals surface area contributed by atoms with Crippen molar-refractivity contribution in [2.75, 3.05) is 7.05 Å². The van der Waals surface area contributed by atoms with Crippen LogP contribution in [0.3, 0.4) is 0 Å². The molecule has 0 saturated carbocycles. The van der Waals surface area contributed by atoms with E-state index in [1.165, 1.54) is 17.7 Å². The Morgan fingerprint density at radius 1 is 1.24 bits per heavy atom. The maximum atomic E-state index is 10.9. The van der Waals surface area contributed by atoms with Gasteiger partial charge in [-0.2, -0.15) is 0 Å². The normalized spacial score (nSPS) is 10.4. The highest BCUT2D eigenvalue weighted by Gasteiger charge is 2.10. The van der Waals surface area contributed by atoms with Gasteiger partial charge in [-0.3, -0.25) is 10.1 Å². The minimum absolute atomic E-state index is 0.0112. The molecule has 2 aromatic rings. The molecule has 0 unspecified atom stereocenters. The third-order valence-corrected chi connectivity index (χ3v) is 3.44. The van der Waals surface area contributed by atoms with Crippen LogP contribution in [0.5, 0.6) is 11.5 Å². The van der Waals surface area contributed by atoms with Crippen LogP contribution in [-0.4, -0.2) is 12.0 Å². The van der Waals surface area contributed by atoms with Crippen LogP contribution >= 0.6 is 15.9 Å². The van der Waals surface area contributed by atoms with Gasteiger partial charge in [0.05, 0.1) is 11.0 Å². The van der Waals surface area contributed by atoms with Crippen LogP contribution in [0.2, 0.25) is 0 Å². The summed E-state index contributed by atoms with van der Waals surface area (Å²) >= 11 is 3.25. The van der Waals surface area contributed by atoms with E-state index in [0.29, 0.717) is 16.0 Å². The first-order chi connectivity index (χ1) is 9.99. The van der Waals surface area contributed by atoms with Gasteiger partial charge in [0, 0.05) is 17.1 Å². The molecule has 2 aromatic carbocycles. The second kappa shape index (κ2) is 6.69. The molecule has 0 aliphatic heterocycles. The molecular weight excluding hydrogens is 336 g/mol. The number of halogens is 1. The van der Waals surface area contributed by atoms with E-state index in [2.05, 4.69) is 21.2 Å². The van der Waals surface area contributed by atoms with Crippen molar-refractivity contribution in [3.63, 3.8) is 0 Å². The molecule has 21 heavy (non-hydrogen) atoms. The van der Waals surface area contributed by atoms with E-state index in [-0.39, 0.29) is 5.69 Å².